The molecule has 0 bridgehead atoms. The molecular formula is C18H32N4O3. The lowest BCUT2D eigenvalue weighted by molar-refractivity contribution is -0.149. The van der Waals surface area contributed by atoms with Crippen molar-refractivity contribution < 1.29 is 14.4 Å². The molecule has 2 fully saturated rings. The van der Waals surface area contributed by atoms with Crippen LogP contribution in [-0.2, 0) is 14.4 Å². The van der Waals surface area contributed by atoms with E-state index in [1.807, 2.05) is 11.8 Å². The molecule has 0 aromatic rings. The van der Waals surface area contributed by atoms with Crippen molar-refractivity contribution in [3.63, 3.8) is 0 Å². The number of piperazine rings is 1. The highest BCUT2D eigenvalue weighted by molar-refractivity contribution is 5.90. The smallest absolute Gasteiger partial charge is 0.245 e. The van der Waals surface area contributed by atoms with Crippen molar-refractivity contribution in [3.8, 4) is 0 Å². The maximum atomic E-state index is 12.8. The van der Waals surface area contributed by atoms with Crippen molar-refractivity contribution in [2.24, 2.45) is 17.6 Å². The molecule has 3 N–H and O–H groups in total. The van der Waals surface area contributed by atoms with Crippen molar-refractivity contribution >= 4 is 17.7 Å². The summed E-state index contributed by atoms with van der Waals surface area (Å²) < 4.78 is 0. The summed E-state index contributed by atoms with van der Waals surface area (Å²) in [6.45, 7) is 8.58. The average molecular weight is 352 g/mol. The minimum atomic E-state index is -0.433. The van der Waals surface area contributed by atoms with Gasteiger partial charge in [-0.2, -0.15) is 0 Å². The summed E-state index contributed by atoms with van der Waals surface area (Å²) in [6.07, 6.45) is 2.78. The quantitative estimate of drug-likeness (QED) is 0.720. The fourth-order valence-electron chi connectivity index (χ4n) is 3.84. The second-order valence-corrected chi connectivity index (χ2v) is 7.78. The number of likely N-dealkylation sites (tertiary alicyclic amines) is 1. The number of amides is 3. The average Bonchev–Trinajstić information content (AvgIpc) is 2.55. The summed E-state index contributed by atoms with van der Waals surface area (Å²) in [4.78, 5) is 40.1. The van der Waals surface area contributed by atoms with Gasteiger partial charge in [-0.3, -0.25) is 14.4 Å². The monoisotopic (exact) mass is 352 g/mol. The van der Waals surface area contributed by atoms with Gasteiger partial charge in [-0.05, 0) is 38.0 Å². The molecule has 0 spiro atoms. The van der Waals surface area contributed by atoms with Gasteiger partial charge in [0.05, 0.1) is 6.04 Å². The fraction of sp³-hybridized carbons (Fsp3) is 0.833. The van der Waals surface area contributed by atoms with Crippen LogP contribution in [-0.4, -0.2) is 65.8 Å². The lowest BCUT2D eigenvalue weighted by Gasteiger charge is -2.40. The fourth-order valence-corrected chi connectivity index (χ4v) is 3.84. The van der Waals surface area contributed by atoms with Gasteiger partial charge in [0.25, 0.3) is 0 Å². The van der Waals surface area contributed by atoms with E-state index in [1.54, 1.807) is 4.90 Å². The minimum Gasteiger partial charge on any atom is -0.370 e. The second-order valence-electron chi connectivity index (χ2n) is 7.78. The van der Waals surface area contributed by atoms with Gasteiger partial charge in [0.1, 0.15) is 6.04 Å². The van der Waals surface area contributed by atoms with Gasteiger partial charge in [0.15, 0.2) is 0 Å². The predicted molar refractivity (Wildman–Crippen MR) is 95.5 cm³/mol. The molecule has 2 unspecified atom stereocenters. The highest BCUT2D eigenvalue weighted by Crippen LogP contribution is 2.22. The molecule has 2 aliphatic rings. The molecule has 0 aromatic heterocycles. The van der Waals surface area contributed by atoms with Gasteiger partial charge in [0.2, 0.25) is 17.7 Å². The van der Waals surface area contributed by atoms with Crippen molar-refractivity contribution in [2.75, 3.05) is 26.2 Å². The maximum Gasteiger partial charge on any atom is 0.245 e. The van der Waals surface area contributed by atoms with Gasteiger partial charge >= 0.3 is 0 Å². The van der Waals surface area contributed by atoms with Gasteiger partial charge in [0, 0.05) is 32.6 Å². The van der Waals surface area contributed by atoms with Crippen LogP contribution in [0.5, 0.6) is 0 Å². The molecule has 0 aromatic carbocycles. The molecule has 142 valence electrons. The Morgan fingerprint density at radius 2 is 1.84 bits per heavy atom. The largest absolute Gasteiger partial charge is 0.370 e. The number of carbonyl (C=O) groups is 3. The third-order valence-electron chi connectivity index (χ3n) is 5.27. The summed E-state index contributed by atoms with van der Waals surface area (Å²) in [7, 11) is 0. The standard InChI is InChI=1S/C18H32N4O3/c1-12(2)10-15-18(25)22(9-6-20-15)13(3)17(24)21-7-4-14(5-8-21)11-16(19)23/h12-15,20H,4-11H2,1-3H3,(H2,19,23). The van der Waals surface area contributed by atoms with E-state index in [0.29, 0.717) is 32.0 Å². The van der Waals surface area contributed by atoms with Crippen LogP contribution in [0, 0.1) is 11.8 Å². The number of hydrogen-bond acceptors (Lipinski definition) is 4. The van der Waals surface area contributed by atoms with E-state index in [2.05, 4.69) is 19.2 Å². The van der Waals surface area contributed by atoms with E-state index in [4.69, 9.17) is 5.73 Å². The highest BCUT2D eigenvalue weighted by Gasteiger charge is 2.36. The Kier molecular flexibility index (Phi) is 6.81. The molecule has 25 heavy (non-hydrogen) atoms. The van der Waals surface area contributed by atoms with Crippen LogP contribution in [0.25, 0.3) is 0 Å². The van der Waals surface area contributed by atoms with E-state index < -0.39 is 6.04 Å². The first-order valence-electron chi connectivity index (χ1n) is 9.40. The second kappa shape index (κ2) is 8.65. The first kappa shape index (κ1) is 19.7. The van der Waals surface area contributed by atoms with E-state index in [-0.39, 0.29) is 29.7 Å². The van der Waals surface area contributed by atoms with Crippen LogP contribution in [0.2, 0.25) is 0 Å². The first-order chi connectivity index (χ1) is 11.8. The summed E-state index contributed by atoms with van der Waals surface area (Å²) >= 11 is 0. The molecule has 0 aliphatic carbocycles. The van der Waals surface area contributed by atoms with E-state index >= 15 is 0 Å². The predicted octanol–water partition coefficient (Wildman–Crippen LogP) is 0.335. The summed E-state index contributed by atoms with van der Waals surface area (Å²) in [6, 6.07) is -0.623. The Balaban J connectivity index is 1.91. The highest BCUT2D eigenvalue weighted by atomic mass is 16.2. The van der Waals surface area contributed by atoms with Gasteiger partial charge < -0.3 is 20.9 Å². The third kappa shape index (κ3) is 5.17. The molecule has 2 saturated heterocycles. The minimum absolute atomic E-state index is 0.0103. The van der Waals surface area contributed by atoms with Crippen LogP contribution < -0.4 is 11.1 Å². The maximum absolute atomic E-state index is 12.8. The summed E-state index contributed by atoms with van der Waals surface area (Å²) in [5.74, 6) is 0.464. The molecule has 3 amide bonds. The zero-order valence-electron chi connectivity index (χ0n) is 15.7. The first-order valence-corrected chi connectivity index (χ1v) is 9.40. The SMILES string of the molecule is CC(C)CC1NCCN(C(C)C(=O)N2CCC(CC(N)=O)CC2)C1=O. The Morgan fingerprint density at radius 1 is 1.20 bits per heavy atom. The van der Waals surface area contributed by atoms with Crippen molar-refractivity contribution in [1.82, 2.24) is 15.1 Å². The molecular weight excluding hydrogens is 320 g/mol. The van der Waals surface area contributed by atoms with Crippen LogP contribution >= 0.6 is 0 Å². The zero-order chi connectivity index (χ0) is 18.6. The third-order valence-corrected chi connectivity index (χ3v) is 5.27. The molecule has 0 saturated carbocycles. The topological polar surface area (TPSA) is 95.7 Å². The van der Waals surface area contributed by atoms with E-state index in [0.717, 1.165) is 25.8 Å². The Morgan fingerprint density at radius 3 is 2.40 bits per heavy atom. The van der Waals surface area contributed by atoms with Crippen LogP contribution in [0.15, 0.2) is 0 Å². The lowest BCUT2D eigenvalue weighted by Crippen LogP contribution is -2.61. The molecule has 2 atom stereocenters. The lowest BCUT2D eigenvalue weighted by atomic mass is 9.93. The molecule has 2 heterocycles. The Labute approximate surface area is 150 Å². The van der Waals surface area contributed by atoms with Gasteiger partial charge in [-0.25, -0.2) is 0 Å². The normalized spacial score (nSPS) is 23.8. The number of primary amides is 1. The van der Waals surface area contributed by atoms with Crippen molar-refractivity contribution in [1.29, 1.82) is 0 Å². The van der Waals surface area contributed by atoms with Crippen LogP contribution in [0.1, 0.15) is 46.5 Å². The van der Waals surface area contributed by atoms with Crippen LogP contribution in [0.4, 0.5) is 0 Å². The molecule has 7 nitrogen and oxygen atoms in total. The number of carbonyl (C=O) groups excluding carboxylic acids is 3. The summed E-state index contributed by atoms with van der Waals surface area (Å²) in [5.41, 5.74) is 5.26. The van der Waals surface area contributed by atoms with E-state index in [9.17, 15) is 14.4 Å². The van der Waals surface area contributed by atoms with Gasteiger partial charge in [-0.1, -0.05) is 13.8 Å². The number of nitrogens with zero attached hydrogens (tertiary/aromatic N) is 2. The number of nitrogens with one attached hydrogen (secondary N) is 1. The zero-order valence-corrected chi connectivity index (χ0v) is 15.7. The van der Waals surface area contributed by atoms with Crippen LogP contribution in [0.3, 0.4) is 0 Å². The number of hydrogen-bond donors (Lipinski definition) is 2. The summed E-state index contributed by atoms with van der Waals surface area (Å²) in [5, 5.41) is 3.27. The number of rotatable bonds is 6. The molecule has 7 heteroatoms. The number of nitrogens with two attached hydrogens (primary N) is 1. The van der Waals surface area contributed by atoms with Crippen molar-refractivity contribution in [3.05, 3.63) is 0 Å². The molecule has 2 rings (SSSR count). The molecule has 0 radical (unpaired) electrons. The van der Waals surface area contributed by atoms with Gasteiger partial charge in [-0.15, -0.1) is 0 Å². The number of piperidine rings is 1. The Bertz CT molecular complexity index is 501. The Hall–Kier alpha value is -1.63. The van der Waals surface area contributed by atoms with Crippen molar-refractivity contribution in [2.45, 2.75) is 58.5 Å². The molecule has 2 aliphatic heterocycles. The van der Waals surface area contributed by atoms with E-state index in [1.165, 1.54) is 0 Å².